The third-order valence-electron chi connectivity index (χ3n) is 1.45. The molecule has 1 saturated heterocycles. The first-order valence-corrected chi connectivity index (χ1v) is 3.18. The predicted octanol–water partition coefficient (Wildman–Crippen LogP) is 0.421. The first-order valence-electron chi connectivity index (χ1n) is 3.18. The van der Waals surface area contributed by atoms with Gasteiger partial charge in [0.05, 0.1) is 0 Å². The van der Waals surface area contributed by atoms with Gasteiger partial charge in [0, 0.05) is 6.61 Å². The van der Waals surface area contributed by atoms with Crippen LogP contribution in [0.1, 0.15) is 6.92 Å². The first kappa shape index (κ1) is 11.0. The Morgan fingerprint density at radius 1 is 1.80 bits per heavy atom. The second-order valence-corrected chi connectivity index (χ2v) is 2.54. The van der Waals surface area contributed by atoms with E-state index in [1.54, 1.807) is 0 Å². The normalized spacial score (nSPS) is 35.1. The smallest absolute Gasteiger partial charge is 0.425 e. The minimum atomic E-state index is -0.602. The Balaban J connectivity index is 0.000000810. The second-order valence-electron chi connectivity index (χ2n) is 2.54. The van der Waals surface area contributed by atoms with E-state index < -0.39 is 6.10 Å². The standard InChI is InChI=1S/C7H12O2.U/c1-5-3-7(6(2)8)9-4-5;/h3,5-8H,2,4H2,1H3;/q-2;+2/t5-,6-,7-;/m0./s1. The molecule has 1 fully saturated rings. The molecule has 0 saturated carbocycles. The average molecular weight is 366 g/mol. The van der Waals surface area contributed by atoms with Gasteiger partial charge in [-0.1, -0.05) is 19.1 Å². The summed E-state index contributed by atoms with van der Waals surface area (Å²) in [6.07, 6.45) is 1.24. The van der Waals surface area contributed by atoms with Crippen LogP contribution in [0.15, 0.2) is 0 Å². The molecule has 2 nitrogen and oxygen atoms in total. The Hall–Kier alpha value is 0.972. The Labute approximate surface area is 85.7 Å². The maximum absolute atomic E-state index is 8.90. The quantitative estimate of drug-likeness (QED) is 0.682. The molecule has 0 spiro atoms. The van der Waals surface area contributed by atoms with Gasteiger partial charge in [-0.3, -0.25) is 6.42 Å². The third-order valence-corrected chi connectivity index (χ3v) is 1.45. The largest absolute Gasteiger partial charge is 2.00 e. The summed E-state index contributed by atoms with van der Waals surface area (Å²) >= 11 is 0. The molecule has 0 radical (unpaired) electrons. The molecule has 3 atom stereocenters. The van der Waals surface area contributed by atoms with E-state index in [1.165, 1.54) is 0 Å². The van der Waals surface area contributed by atoms with Crippen LogP contribution in [0.4, 0.5) is 0 Å². The van der Waals surface area contributed by atoms with Crippen molar-refractivity contribution < 1.29 is 41.0 Å². The van der Waals surface area contributed by atoms with E-state index in [9.17, 15) is 0 Å². The van der Waals surface area contributed by atoms with Crippen LogP contribution in [-0.2, 0) is 4.74 Å². The SMILES string of the molecule is [CH2-][C@H](O)[C@@H]1[CH-][C@H](C)CO1.[U+2]. The van der Waals surface area contributed by atoms with E-state index in [-0.39, 0.29) is 37.2 Å². The summed E-state index contributed by atoms with van der Waals surface area (Å²) in [4.78, 5) is 0. The van der Waals surface area contributed by atoms with E-state index in [0.717, 1.165) is 6.61 Å². The zero-order valence-corrected chi connectivity index (χ0v) is 10.2. The molecule has 1 aliphatic heterocycles. The molecule has 1 N–H and O–H groups in total. The Morgan fingerprint density at radius 3 is 2.60 bits per heavy atom. The topological polar surface area (TPSA) is 29.5 Å². The predicted molar refractivity (Wildman–Crippen MR) is 34.6 cm³/mol. The molecule has 1 rings (SSSR count). The Morgan fingerprint density at radius 2 is 2.40 bits per heavy atom. The van der Waals surface area contributed by atoms with Crippen LogP contribution in [0.25, 0.3) is 0 Å². The molecule has 0 aromatic heterocycles. The average Bonchev–Trinajstić information content (AvgIpc) is 2.14. The van der Waals surface area contributed by atoms with Crippen LogP contribution in [0.5, 0.6) is 0 Å². The fourth-order valence-corrected chi connectivity index (χ4v) is 0.937. The molecule has 1 aliphatic rings. The van der Waals surface area contributed by atoms with Crippen LogP contribution in [-0.4, -0.2) is 23.9 Å². The molecule has 0 bridgehead atoms. The number of hydrogen-bond donors (Lipinski definition) is 1. The fourth-order valence-electron chi connectivity index (χ4n) is 0.937. The van der Waals surface area contributed by atoms with Crippen molar-refractivity contribution in [2.45, 2.75) is 19.1 Å². The van der Waals surface area contributed by atoms with E-state index in [1.807, 2.05) is 6.42 Å². The zero-order valence-electron chi connectivity index (χ0n) is 6.08. The van der Waals surface area contributed by atoms with Crippen LogP contribution in [0.2, 0.25) is 0 Å². The molecule has 0 aromatic carbocycles. The van der Waals surface area contributed by atoms with E-state index in [0.29, 0.717) is 5.92 Å². The number of aliphatic hydroxyl groups is 1. The molecule has 10 heavy (non-hydrogen) atoms. The van der Waals surface area contributed by atoms with Gasteiger partial charge in [0.2, 0.25) is 0 Å². The molecule has 0 aliphatic carbocycles. The Bertz CT molecular complexity index is 95.6. The summed E-state index contributed by atoms with van der Waals surface area (Å²) < 4.78 is 5.16. The monoisotopic (exact) mass is 366 g/mol. The minimum absolute atomic E-state index is 0. The molecule has 3 heteroatoms. The summed E-state index contributed by atoms with van der Waals surface area (Å²) in [5, 5.41) is 8.90. The number of hydrogen-bond acceptors (Lipinski definition) is 2. The van der Waals surface area contributed by atoms with Crippen molar-refractivity contribution >= 4 is 0 Å². The molecule has 1 heterocycles. The minimum Gasteiger partial charge on any atom is -0.425 e. The number of aliphatic hydroxyl groups excluding tert-OH is 1. The zero-order chi connectivity index (χ0) is 6.85. The summed E-state index contributed by atoms with van der Waals surface area (Å²) in [5.74, 6) is 0.464. The van der Waals surface area contributed by atoms with Crippen molar-refractivity contribution in [1.82, 2.24) is 0 Å². The summed E-state index contributed by atoms with van der Waals surface area (Å²) in [5.41, 5.74) is 0. The second kappa shape index (κ2) is 4.77. The van der Waals surface area contributed by atoms with Crippen molar-refractivity contribution in [3.8, 4) is 0 Å². The van der Waals surface area contributed by atoms with E-state index >= 15 is 0 Å². The van der Waals surface area contributed by atoms with Crippen molar-refractivity contribution in [3.63, 3.8) is 0 Å². The van der Waals surface area contributed by atoms with Gasteiger partial charge >= 0.3 is 31.1 Å². The molecular formula is C7H12O2U. The van der Waals surface area contributed by atoms with Gasteiger partial charge in [-0.05, 0) is 0 Å². The maximum Gasteiger partial charge on any atom is 2.00 e. The number of ether oxygens (including phenoxy) is 1. The van der Waals surface area contributed by atoms with Crippen molar-refractivity contribution in [1.29, 1.82) is 0 Å². The summed E-state index contributed by atoms with van der Waals surface area (Å²) in [7, 11) is 0. The Kier molecular flexibility index (Phi) is 5.23. The first-order chi connectivity index (χ1) is 4.20. The van der Waals surface area contributed by atoms with Gasteiger partial charge in [-0.25, -0.2) is 0 Å². The maximum atomic E-state index is 8.90. The van der Waals surface area contributed by atoms with E-state index in [4.69, 9.17) is 9.84 Å². The van der Waals surface area contributed by atoms with Gasteiger partial charge in [-0.2, -0.15) is 0 Å². The van der Waals surface area contributed by atoms with Crippen molar-refractivity contribution in [2.75, 3.05) is 6.61 Å². The van der Waals surface area contributed by atoms with Gasteiger partial charge in [0.15, 0.2) is 0 Å². The van der Waals surface area contributed by atoms with Crippen LogP contribution >= 0.6 is 0 Å². The fraction of sp³-hybridized carbons (Fsp3) is 0.714. The molecule has 0 amide bonds. The third kappa shape index (κ3) is 2.92. The van der Waals surface area contributed by atoms with Crippen LogP contribution in [0.3, 0.4) is 0 Å². The van der Waals surface area contributed by atoms with Gasteiger partial charge in [-0.15, -0.1) is 5.92 Å². The van der Waals surface area contributed by atoms with Gasteiger partial charge < -0.3 is 16.8 Å². The molecule has 0 aromatic rings. The number of rotatable bonds is 1. The van der Waals surface area contributed by atoms with Crippen LogP contribution < -0.4 is 0 Å². The van der Waals surface area contributed by atoms with Crippen molar-refractivity contribution in [2.24, 2.45) is 5.92 Å². The van der Waals surface area contributed by atoms with Gasteiger partial charge in [0.1, 0.15) is 0 Å². The molecular weight excluding hydrogens is 354 g/mol. The molecule has 56 valence electrons. The summed E-state index contributed by atoms with van der Waals surface area (Å²) in [6.45, 7) is 6.23. The van der Waals surface area contributed by atoms with E-state index in [2.05, 4.69) is 13.8 Å². The summed E-state index contributed by atoms with van der Waals surface area (Å²) in [6, 6.07) is 0. The van der Waals surface area contributed by atoms with Gasteiger partial charge in [0.25, 0.3) is 0 Å². The van der Waals surface area contributed by atoms with Crippen molar-refractivity contribution in [3.05, 3.63) is 13.3 Å². The molecule has 0 unspecified atom stereocenters. The van der Waals surface area contributed by atoms with Crippen LogP contribution in [0, 0.1) is 50.4 Å².